The lowest BCUT2D eigenvalue weighted by Gasteiger charge is -2.23. The zero-order valence-corrected chi connectivity index (χ0v) is 14.5. The number of urea groups is 1. The number of amides is 2. The molecule has 1 heterocycles. The fraction of sp³-hybridized carbons (Fsp3) is 0.556. The van der Waals surface area contributed by atoms with Gasteiger partial charge in [-0.3, -0.25) is 4.79 Å². The van der Waals surface area contributed by atoms with Gasteiger partial charge < -0.3 is 20.1 Å². The number of carbonyl (C=O) groups excluding carboxylic acids is 1. The largest absolute Gasteiger partial charge is 0.488 e. The van der Waals surface area contributed by atoms with E-state index in [0.29, 0.717) is 19.5 Å². The Bertz CT molecular complexity index is 604. The maximum Gasteiger partial charge on any atom is 0.317 e. The molecule has 0 saturated carbocycles. The van der Waals surface area contributed by atoms with Gasteiger partial charge in [0.25, 0.3) is 0 Å². The predicted octanol–water partition coefficient (Wildman–Crippen LogP) is 2.66. The van der Waals surface area contributed by atoms with Crippen LogP contribution in [0, 0.1) is 12.3 Å². The number of hydrogen-bond donors (Lipinski definition) is 2. The SMILES string of the molecule is CCC(CNC(=O)N1CCC(C)(C(=O)O)C1)Oc1ccccc1C. The number of carbonyl (C=O) groups is 2. The minimum atomic E-state index is -0.855. The lowest BCUT2D eigenvalue weighted by atomic mass is 9.90. The second kappa shape index (κ2) is 7.55. The number of carboxylic acids is 1. The van der Waals surface area contributed by atoms with Crippen molar-refractivity contribution in [3.05, 3.63) is 29.8 Å². The van der Waals surface area contributed by atoms with Crippen molar-refractivity contribution in [2.24, 2.45) is 5.41 Å². The van der Waals surface area contributed by atoms with E-state index in [9.17, 15) is 14.7 Å². The number of aryl methyl sites for hydroxylation is 1. The van der Waals surface area contributed by atoms with Crippen LogP contribution < -0.4 is 10.1 Å². The van der Waals surface area contributed by atoms with Crippen LogP contribution in [0.1, 0.15) is 32.3 Å². The summed E-state index contributed by atoms with van der Waals surface area (Å²) in [6.45, 7) is 6.76. The number of carboxylic acid groups (broad SMARTS) is 1. The Morgan fingerprint density at radius 3 is 2.71 bits per heavy atom. The molecule has 2 N–H and O–H groups in total. The molecule has 0 radical (unpaired) electrons. The van der Waals surface area contributed by atoms with E-state index in [0.717, 1.165) is 17.7 Å². The monoisotopic (exact) mass is 334 g/mol. The van der Waals surface area contributed by atoms with Crippen molar-refractivity contribution in [3.8, 4) is 5.75 Å². The lowest BCUT2D eigenvalue weighted by Crippen LogP contribution is -2.44. The van der Waals surface area contributed by atoms with Gasteiger partial charge in [-0.25, -0.2) is 4.79 Å². The quantitative estimate of drug-likeness (QED) is 0.838. The minimum absolute atomic E-state index is 0.122. The van der Waals surface area contributed by atoms with Crippen LogP contribution in [0.4, 0.5) is 4.79 Å². The second-order valence-electron chi connectivity index (χ2n) is 6.64. The molecule has 0 spiro atoms. The summed E-state index contributed by atoms with van der Waals surface area (Å²) >= 11 is 0. The van der Waals surface area contributed by atoms with Crippen molar-refractivity contribution >= 4 is 12.0 Å². The predicted molar refractivity (Wildman–Crippen MR) is 91.2 cm³/mol. The van der Waals surface area contributed by atoms with Gasteiger partial charge >= 0.3 is 12.0 Å². The number of ether oxygens (including phenoxy) is 1. The Balaban J connectivity index is 1.86. The lowest BCUT2D eigenvalue weighted by molar-refractivity contribution is -0.147. The van der Waals surface area contributed by atoms with Crippen molar-refractivity contribution in [1.82, 2.24) is 10.2 Å². The van der Waals surface area contributed by atoms with Gasteiger partial charge in [0.2, 0.25) is 0 Å². The van der Waals surface area contributed by atoms with Crippen molar-refractivity contribution in [2.75, 3.05) is 19.6 Å². The molecule has 24 heavy (non-hydrogen) atoms. The molecule has 0 aromatic heterocycles. The summed E-state index contributed by atoms with van der Waals surface area (Å²) in [5.74, 6) is -0.0367. The van der Waals surface area contributed by atoms with E-state index in [1.165, 1.54) is 0 Å². The van der Waals surface area contributed by atoms with Gasteiger partial charge in [0.05, 0.1) is 12.0 Å². The van der Waals surface area contributed by atoms with Gasteiger partial charge in [-0.1, -0.05) is 25.1 Å². The zero-order chi connectivity index (χ0) is 17.7. The van der Waals surface area contributed by atoms with E-state index in [-0.39, 0.29) is 18.7 Å². The van der Waals surface area contributed by atoms with Crippen LogP contribution in [-0.2, 0) is 4.79 Å². The molecule has 132 valence electrons. The van der Waals surface area contributed by atoms with Crippen molar-refractivity contribution < 1.29 is 19.4 Å². The summed E-state index contributed by atoms with van der Waals surface area (Å²) in [6, 6.07) is 7.55. The highest BCUT2D eigenvalue weighted by molar-refractivity contribution is 5.79. The van der Waals surface area contributed by atoms with Crippen LogP contribution in [-0.4, -0.2) is 47.7 Å². The number of hydrogen-bond acceptors (Lipinski definition) is 3. The molecule has 1 saturated heterocycles. The van der Waals surface area contributed by atoms with Crippen LogP contribution in [0.25, 0.3) is 0 Å². The molecule has 0 bridgehead atoms. The van der Waals surface area contributed by atoms with E-state index >= 15 is 0 Å². The molecule has 1 aliphatic heterocycles. The van der Waals surface area contributed by atoms with Gasteiger partial charge in [-0.15, -0.1) is 0 Å². The maximum absolute atomic E-state index is 12.3. The Hall–Kier alpha value is -2.24. The molecule has 2 atom stereocenters. The third kappa shape index (κ3) is 4.19. The highest BCUT2D eigenvalue weighted by atomic mass is 16.5. The van der Waals surface area contributed by atoms with Crippen molar-refractivity contribution in [3.63, 3.8) is 0 Å². The number of nitrogens with zero attached hydrogens (tertiary/aromatic N) is 1. The van der Waals surface area contributed by atoms with Gasteiger partial charge in [0.15, 0.2) is 0 Å². The summed E-state index contributed by atoms with van der Waals surface area (Å²) in [6.07, 6.45) is 1.12. The summed E-state index contributed by atoms with van der Waals surface area (Å²) in [5.41, 5.74) is 0.207. The van der Waals surface area contributed by atoms with Crippen LogP contribution in [0.5, 0.6) is 5.75 Å². The molecule has 1 aromatic rings. The molecule has 2 rings (SSSR count). The Morgan fingerprint density at radius 1 is 1.42 bits per heavy atom. The number of para-hydroxylation sites is 1. The van der Waals surface area contributed by atoms with Gasteiger partial charge in [-0.2, -0.15) is 0 Å². The van der Waals surface area contributed by atoms with E-state index in [4.69, 9.17) is 4.74 Å². The number of nitrogens with one attached hydrogen (secondary N) is 1. The summed E-state index contributed by atoms with van der Waals surface area (Å²) in [7, 11) is 0. The average molecular weight is 334 g/mol. The topological polar surface area (TPSA) is 78.9 Å². The molecule has 2 amide bonds. The molecule has 6 nitrogen and oxygen atoms in total. The Labute approximate surface area is 142 Å². The van der Waals surface area contributed by atoms with Crippen LogP contribution in [0.3, 0.4) is 0 Å². The molecule has 1 aliphatic rings. The number of aliphatic carboxylic acids is 1. The minimum Gasteiger partial charge on any atom is -0.488 e. The first-order valence-corrected chi connectivity index (χ1v) is 8.34. The number of likely N-dealkylation sites (tertiary alicyclic amines) is 1. The molecule has 6 heteroatoms. The first-order valence-electron chi connectivity index (χ1n) is 8.34. The first-order chi connectivity index (χ1) is 11.4. The Kier molecular flexibility index (Phi) is 5.70. The van der Waals surface area contributed by atoms with Crippen molar-refractivity contribution in [2.45, 2.75) is 39.7 Å². The summed E-state index contributed by atoms with van der Waals surface area (Å²) in [5, 5.41) is 12.1. The van der Waals surface area contributed by atoms with Gasteiger partial charge in [-0.05, 0) is 38.3 Å². The van der Waals surface area contributed by atoms with Gasteiger partial charge in [0.1, 0.15) is 11.9 Å². The van der Waals surface area contributed by atoms with Crippen LogP contribution >= 0.6 is 0 Å². The van der Waals surface area contributed by atoms with Crippen LogP contribution in [0.2, 0.25) is 0 Å². The van der Waals surface area contributed by atoms with Gasteiger partial charge in [0, 0.05) is 13.1 Å². The van der Waals surface area contributed by atoms with E-state index in [1.54, 1.807) is 11.8 Å². The molecule has 1 fully saturated rings. The Morgan fingerprint density at radius 2 is 2.12 bits per heavy atom. The molecule has 2 unspecified atom stereocenters. The molecule has 0 aliphatic carbocycles. The average Bonchev–Trinajstić information content (AvgIpc) is 2.97. The highest BCUT2D eigenvalue weighted by Gasteiger charge is 2.42. The fourth-order valence-corrected chi connectivity index (χ4v) is 2.76. The third-order valence-electron chi connectivity index (χ3n) is 4.60. The number of benzene rings is 1. The third-order valence-corrected chi connectivity index (χ3v) is 4.60. The normalized spacial score (nSPS) is 21.4. The first kappa shape index (κ1) is 18.1. The molecular formula is C18H26N2O4. The standard InChI is InChI=1S/C18H26N2O4/c1-4-14(24-15-8-6-5-7-13(15)2)11-19-17(23)20-10-9-18(3,12-20)16(21)22/h5-8,14H,4,9-12H2,1-3H3,(H,19,23)(H,21,22). The van der Waals surface area contributed by atoms with Crippen LogP contribution in [0.15, 0.2) is 24.3 Å². The van der Waals surface area contributed by atoms with E-state index in [1.807, 2.05) is 38.1 Å². The highest BCUT2D eigenvalue weighted by Crippen LogP contribution is 2.30. The van der Waals surface area contributed by atoms with Crippen molar-refractivity contribution in [1.29, 1.82) is 0 Å². The summed E-state index contributed by atoms with van der Waals surface area (Å²) < 4.78 is 5.96. The van der Waals surface area contributed by atoms with E-state index < -0.39 is 11.4 Å². The maximum atomic E-state index is 12.3. The summed E-state index contributed by atoms with van der Waals surface area (Å²) in [4.78, 5) is 25.1. The molecular weight excluding hydrogens is 308 g/mol. The number of rotatable bonds is 6. The fourth-order valence-electron chi connectivity index (χ4n) is 2.76. The second-order valence-corrected chi connectivity index (χ2v) is 6.64. The molecule has 1 aromatic carbocycles. The zero-order valence-electron chi connectivity index (χ0n) is 14.5. The van der Waals surface area contributed by atoms with E-state index in [2.05, 4.69) is 5.32 Å². The smallest absolute Gasteiger partial charge is 0.317 e.